The molecule has 7 nitrogen and oxygen atoms in total. The first-order chi connectivity index (χ1) is 18.1. The molecule has 0 amide bonds. The van der Waals surface area contributed by atoms with Crippen LogP contribution in [0.2, 0.25) is 0 Å². The van der Waals surface area contributed by atoms with Gasteiger partial charge in [-0.3, -0.25) is 4.79 Å². The summed E-state index contributed by atoms with van der Waals surface area (Å²) in [5, 5.41) is 9.57. The number of aliphatic carboxylic acids is 1. The fourth-order valence-corrected chi connectivity index (χ4v) is 6.43. The molecule has 1 fully saturated rings. The van der Waals surface area contributed by atoms with Crippen LogP contribution in [0.4, 0.5) is 33.3 Å². The van der Waals surface area contributed by atoms with Gasteiger partial charge in [-0.1, -0.05) is 24.6 Å². The molecule has 0 saturated heterocycles. The maximum atomic E-state index is 14.3. The zero-order valence-corrected chi connectivity index (χ0v) is 22.2. The van der Waals surface area contributed by atoms with Gasteiger partial charge in [0.1, 0.15) is 22.7 Å². The summed E-state index contributed by atoms with van der Waals surface area (Å²) in [5.74, 6) is -5.08. The van der Waals surface area contributed by atoms with Gasteiger partial charge in [0.05, 0.1) is 11.3 Å². The summed E-state index contributed by atoms with van der Waals surface area (Å²) in [6.45, 7) is -0.0215. The van der Waals surface area contributed by atoms with Gasteiger partial charge in [0, 0.05) is 37.8 Å². The van der Waals surface area contributed by atoms with E-state index in [9.17, 15) is 40.3 Å². The normalized spacial score (nSPS) is 21.0. The number of anilines is 2. The zero-order valence-electron chi connectivity index (χ0n) is 21.3. The lowest BCUT2D eigenvalue weighted by atomic mass is 9.69. The molecule has 214 valence electrons. The van der Waals surface area contributed by atoms with E-state index >= 15 is 0 Å². The van der Waals surface area contributed by atoms with E-state index in [1.165, 1.54) is 11.9 Å². The fourth-order valence-electron chi connectivity index (χ4n) is 4.87. The average Bonchev–Trinajstić information content (AvgIpc) is 2.89. The minimum atomic E-state index is -4.96. The molecular formula is C26H29F5N2O5S. The van der Waals surface area contributed by atoms with Crippen molar-refractivity contribution in [3.63, 3.8) is 0 Å². The van der Waals surface area contributed by atoms with Crippen LogP contribution in [0.25, 0.3) is 0 Å². The van der Waals surface area contributed by atoms with Crippen molar-refractivity contribution in [1.82, 2.24) is 4.31 Å². The first-order valence-corrected chi connectivity index (χ1v) is 13.8. The van der Waals surface area contributed by atoms with E-state index in [-0.39, 0.29) is 31.5 Å². The largest absolute Gasteiger partial charge is 0.492 e. The molecular weight excluding hydrogens is 547 g/mol. The molecule has 0 unspecified atom stereocenters. The lowest BCUT2D eigenvalue weighted by molar-refractivity contribution is -0.157. The van der Waals surface area contributed by atoms with Gasteiger partial charge < -0.3 is 14.7 Å². The van der Waals surface area contributed by atoms with Crippen LogP contribution in [0.1, 0.15) is 44.6 Å². The Morgan fingerprint density at radius 3 is 2.28 bits per heavy atom. The Bertz CT molecular complexity index is 1320. The molecule has 1 aliphatic carbocycles. The maximum absolute atomic E-state index is 14.3. The second-order valence-corrected chi connectivity index (χ2v) is 12.2. The Kier molecular flexibility index (Phi) is 7.63. The minimum absolute atomic E-state index is 0.178. The third-order valence-corrected chi connectivity index (χ3v) is 9.41. The summed E-state index contributed by atoms with van der Waals surface area (Å²) in [5.41, 5.74) is -2.52. The Morgan fingerprint density at radius 2 is 1.77 bits per heavy atom. The van der Waals surface area contributed by atoms with Crippen LogP contribution in [0.15, 0.2) is 47.4 Å². The number of ether oxygens (including phenoxy) is 1. The summed E-state index contributed by atoms with van der Waals surface area (Å²) < 4.78 is 104. The average molecular weight is 577 g/mol. The molecule has 39 heavy (non-hydrogen) atoms. The smallest absolute Gasteiger partial charge is 0.420 e. The SMILES string of the molecule is CN1[C@H](CCC(C)(F)F)CN(c2ccccc2)c2cc(C(F)(F)F)c(OCC3(C(=O)O)CCC3)cc2S1(=O)=O. The zero-order chi connectivity index (χ0) is 28.8. The number of hydrogen-bond donors (Lipinski definition) is 1. The van der Waals surface area contributed by atoms with Crippen LogP contribution < -0.4 is 9.64 Å². The highest BCUT2D eigenvalue weighted by molar-refractivity contribution is 7.89. The van der Waals surface area contributed by atoms with Gasteiger partial charge in [-0.25, -0.2) is 17.2 Å². The topological polar surface area (TPSA) is 87.2 Å². The number of nitrogens with zero attached hydrogens (tertiary/aromatic N) is 2. The number of benzene rings is 2. The van der Waals surface area contributed by atoms with Crippen LogP contribution in [-0.2, 0) is 21.0 Å². The summed E-state index contributed by atoms with van der Waals surface area (Å²) in [7, 11) is -3.27. The molecule has 13 heteroatoms. The van der Waals surface area contributed by atoms with Crippen LogP contribution in [0.3, 0.4) is 0 Å². The highest BCUT2D eigenvalue weighted by Crippen LogP contribution is 2.47. The summed E-state index contributed by atoms with van der Waals surface area (Å²) in [6.07, 6.45) is -4.81. The van der Waals surface area contributed by atoms with E-state index < -0.39 is 68.8 Å². The lowest BCUT2D eigenvalue weighted by Gasteiger charge is -2.37. The molecule has 0 bridgehead atoms. The maximum Gasteiger partial charge on any atom is 0.420 e. The van der Waals surface area contributed by atoms with Crippen molar-refractivity contribution in [2.24, 2.45) is 5.41 Å². The number of carboxylic acid groups (broad SMARTS) is 1. The first-order valence-electron chi connectivity index (χ1n) is 12.4. The molecule has 0 radical (unpaired) electrons. The third kappa shape index (κ3) is 5.84. The number of carbonyl (C=O) groups is 1. The van der Waals surface area contributed by atoms with E-state index in [1.807, 2.05) is 0 Å². The second-order valence-electron chi connectivity index (χ2n) is 10.3. The molecule has 1 N–H and O–H groups in total. The Morgan fingerprint density at radius 1 is 1.13 bits per heavy atom. The van der Waals surface area contributed by atoms with Crippen molar-refractivity contribution in [2.75, 3.05) is 25.1 Å². The third-order valence-electron chi connectivity index (χ3n) is 7.47. The Hall–Kier alpha value is -2.93. The van der Waals surface area contributed by atoms with Crippen molar-refractivity contribution < 1.29 is 45.0 Å². The Balaban J connectivity index is 1.87. The molecule has 1 saturated carbocycles. The van der Waals surface area contributed by atoms with Crippen molar-refractivity contribution in [2.45, 2.75) is 62.1 Å². The van der Waals surface area contributed by atoms with Crippen LogP contribution in [0, 0.1) is 5.41 Å². The number of sulfonamides is 1. The summed E-state index contributed by atoms with van der Waals surface area (Å²) in [6, 6.07) is 8.54. The van der Waals surface area contributed by atoms with Crippen LogP contribution in [-0.4, -0.2) is 56.0 Å². The summed E-state index contributed by atoms with van der Waals surface area (Å²) in [4.78, 5) is 12.6. The second kappa shape index (κ2) is 10.2. The van der Waals surface area contributed by atoms with Crippen molar-refractivity contribution in [1.29, 1.82) is 0 Å². The van der Waals surface area contributed by atoms with Crippen molar-refractivity contribution in [3.8, 4) is 5.75 Å². The van der Waals surface area contributed by atoms with Crippen molar-refractivity contribution in [3.05, 3.63) is 48.0 Å². The van der Waals surface area contributed by atoms with Crippen molar-refractivity contribution >= 4 is 27.4 Å². The predicted molar refractivity (Wildman–Crippen MR) is 133 cm³/mol. The number of carboxylic acids is 1. The lowest BCUT2D eigenvalue weighted by Crippen LogP contribution is -2.43. The van der Waals surface area contributed by atoms with E-state index in [2.05, 4.69) is 0 Å². The van der Waals surface area contributed by atoms with Gasteiger partial charge in [0.25, 0.3) is 0 Å². The molecule has 1 atom stereocenters. The molecule has 1 aliphatic heterocycles. The predicted octanol–water partition coefficient (Wildman–Crippen LogP) is 5.92. The van der Waals surface area contributed by atoms with E-state index in [4.69, 9.17) is 4.74 Å². The summed E-state index contributed by atoms with van der Waals surface area (Å²) >= 11 is 0. The van der Waals surface area contributed by atoms with Gasteiger partial charge in [-0.05, 0) is 44.4 Å². The van der Waals surface area contributed by atoms with E-state index in [1.54, 1.807) is 30.3 Å². The number of likely N-dealkylation sites (N-methyl/N-ethyl adjacent to an activating group) is 1. The molecule has 1 heterocycles. The number of fused-ring (bicyclic) bond motifs is 1. The van der Waals surface area contributed by atoms with Crippen LogP contribution >= 0.6 is 0 Å². The quantitative estimate of drug-likeness (QED) is 0.393. The van der Waals surface area contributed by atoms with Crippen LogP contribution in [0.5, 0.6) is 5.75 Å². The minimum Gasteiger partial charge on any atom is -0.492 e. The Labute approximate surface area is 223 Å². The van der Waals surface area contributed by atoms with Gasteiger partial charge in [-0.15, -0.1) is 0 Å². The number of hydrogen-bond acceptors (Lipinski definition) is 5. The molecule has 2 aromatic carbocycles. The van der Waals surface area contributed by atoms with Gasteiger partial charge in [0.2, 0.25) is 15.9 Å². The number of rotatable bonds is 8. The highest BCUT2D eigenvalue weighted by atomic mass is 32.2. The number of halogens is 5. The number of para-hydroxylation sites is 1. The highest BCUT2D eigenvalue weighted by Gasteiger charge is 2.47. The monoisotopic (exact) mass is 576 g/mol. The fraction of sp³-hybridized carbons (Fsp3) is 0.500. The van der Waals surface area contributed by atoms with Gasteiger partial charge in [0.15, 0.2) is 0 Å². The van der Waals surface area contributed by atoms with E-state index in [0.29, 0.717) is 25.1 Å². The number of alkyl halides is 5. The molecule has 2 aromatic rings. The molecule has 0 aromatic heterocycles. The standard InChI is InChI=1S/C26H29F5N2O5S/c1-24(27,28)12-9-18-15-33(17-7-4-3-5-8-17)20-13-19(26(29,30)31)21(14-22(20)39(36,37)32(18)2)38-16-25(23(34)35)10-6-11-25/h3-5,7-8,13-14,18H,6,9-12,15-16H2,1-2H3,(H,34,35)/t18-/m1/s1. The van der Waals surface area contributed by atoms with E-state index in [0.717, 1.165) is 10.4 Å². The van der Waals surface area contributed by atoms with Gasteiger partial charge >= 0.3 is 12.1 Å². The first kappa shape index (κ1) is 29.1. The molecule has 2 aliphatic rings. The van der Waals surface area contributed by atoms with Gasteiger partial charge in [-0.2, -0.15) is 17.5 Å². The molecule has 4 rings (SSSR count). The molecule has 0 spiro atoms.